The molecule has 120 valence electrons. The molecule has 0 radical (unpaired) electrons. The molecule has 0 fully saturated rings. The van der Waals surface area contributed by atoms with E-state index in [-0.39, 0.29) is 18.4 Å². The number of amides is 2. The molecule has 0 spiro atoms. The summed E-state index contributed by atoms with van der Waals surface area (Å²) in [6.45, 7) is 1.98. The molecule has 1 aliphatic heterocycles. The van der Waals surface area contributed by atoms with E-state index in [2.05, 4.69) is 15.5 Å². The number of nitrogens with one attached hydrogen (secondary N) is 1. The summed E-state index contributed by atoms with van der Waals surface area (Å²) in [6, 6.07) is 7.75. The van der Waals surface area contributed by atoms with Crippen molar-refractivity contribution in [3.05, 3.63) is 34.8 Å². The van der Waals surface area contributed by atoms with Crippen LogP contribution in [0.3, 0.4) is 0 Å². The molecule has 0 bridgehead atoms. The third kappa shape index (κ3) is 3.56. The van der Waals surface area contributed by atoms with Gasteiger partial charge in [0.05, 0.1) is 0 Å². The van der Waals surface area contributed by atoms with Crippen molar-refractivity contribution in [1.29, 1.82) is 0 Å². The number of para-hydroxylation sites is 1. The zero-order chi connectivity index (χ0) is 16.2. The lowest BCUT2D eigenvalue weighted by Crippen LogP contribution is -2.37. The van der Waals surface area contributed by atoms with E-state index in [0.29, 0.717) is 11.6 Å². The number of hydrogen-bond acceptors (Lipinski definition) is 5. The van der Waals surface area contributed by atoms with Crippen molar-refractivity contribution < 1.29 is 9.59 Å². The zero-order valence-corrected chi connectivity index (χ0v) is 13.7. The largest absolute Gasteiger partial charge is 0.303 e. The maximum atomic E-state index is 12.3. The van der Waals surface area contributed by atoms with Crippen LogP contribution in [0.1, 0.15) is 30.3 Å². The van der Waals surface area contributed by atoms with E-state index < -0.39 is 0 Å². The van der Waals surface area contributed by atoms with Crippen LogP contribution in [0.4, 0.5) is 10.8 Å². The summed E-state index contributed by atoms with van der Waals surface area (Å²) in [5.74, 6) is -0.273. The molecule has 3 rings (SSSR count). The molecule has 7 heteroatoms. The van der Waals surface area contributed by atoms with Crippen molar-refractivity contribution >= 4 is 34.0 Å². The highest BCUT2D eigenvalue weighted by Crippen LogP contribution is 2.26. The van der Waals surface area contributed by atoms with Gasteiger partial charge in [0.15, 0.2) is 0 Å². The van der Waals surface area contributed by atoms with Crippen LogP contribution in [0.15, 0.2) is 24.3 Å². The summed E-state index contributed by atoms with van der Waals surface area (Å²) in [5.41, 5.74) is 1.94. The maximum Gasteiger partial charge on any atom is 0.246 e. The quantitative estimate of drug-likeness (QED) is 0.934. The highest BCUT2D eigenvalue weighted by molar-refractivity contribution is 7.15. The SMILES string of the molecule is CCc1nnc(NC(=O)CN2C(=O)CCCc3ccccc32)s1. The minimum atomic E-state index is -0.256. The molecule has 0 aliphatic carbocycles. The Kier molecular flexibility index (Phi) is 4.66. The molecular formula is C16H18N4O2S. The van der Waals surface area contributed by atoms with Crippen LogP contribution >= 0.6 is 11.3 Å². The first-order valence-corrected chi connectivity index (χ1v) is 8.49. The number of fused-ring (bicyclic) bond motifs is 1. The van der Waals surface area contributed by atoms with E-state index in [0.717, 1.165) is 35.5 Å². The van der Waals surface area contributed by atoms with E-state index in [4.69, 9.17) is 0 Å². The Balaban J connectivity index is 1.75. The van der Waals surface area contributed by atoms with Crippen LogP contribution < -0.4 is 10.2 Å². The van der Waals surface area contributed by atoms with Crippen LogP contribution in [-0.4, -0.2) is 28.6 Å². The lowest BCUT2D eigenvalue weighted by Gasteiger charge is -2.22. The van der Waals surface area contributed by atoms with Crippen LogP contribution in [-0.2, 0) is 22.4 Å². The van der Waals surface area contributed by atoms with Gasteiger partial charge in [0.1, 0.15) is 11.6 Å². The van der Waals surface area contributed by atoms with Gasteiger partial charge in [-0.3, -0.25) is 14.9 Å². The lowest BCUT2D eigenvalue weighted by atomic mass is 10.1. The van der Waals surface area contributed by atoms with Crippen LogP contribution in [0.2, 0.25) is 0 Å². The Morgan fingerprint density at radius 1 is 1.30 bits per heavy atom. The molecule has 2 amide bonds. The third-order valence-corrected chi connectivity index (χ3v) is 4.72. The Morgan fingerprint density at radius 3 is 2.91 bits per heavy atom. The molecule has 23 heavy (non-hydrogen) atoms. The second-order valence-electron chi connectivity index (χ2n) is 5.36. The fourth-order valence-electron chi connectivity index (χ4n) is 2.61. The first-order chi connectivity index (χ1) is 11.2. The van der Waals surface area contributed by atoms with Gasteiger partial charge in [0.2, 0.25) is 16.9 Å². The number of aryl methyl sites for hydroxylation is 2. The van der Waals surface area contributed by atoms with Gasteiger partial charge >= 0.3 is 0 Å². The number of rotatable bonds is 4. The Hall–Kier alpha value is -2.28. The highest BCUT2D eigenvalue weighted by Gasteiger charge is 2.24. The average Bonchev–Trinajstić information content (AvgIpc) is 2.94. The van der Waals surface area contributed by atoms with Crippen LogP contribution in [0.25, 0.3) is 0 Å². The number of nitrogens with zero attached hydrogens (tertiary/aromatic N) is 3. The molecule has 0 atom stereocenters. The second-order valence-corrected chi connectivity index (χ2v) is 6.43. The fraction of sp³-hybridized carbons (Fsp3) is 0.375. The minimum Gasteiger partial charge on any atom is -0.303 e. The van der Waals surface area contributed by atoms with Gasteiger partial charge in [-0.05, 0) is 30.9 Å². The van der Waals surface area contributed by atoms with Gasteiger partial charge in [-0.1, -0.05) is 36.5 Å². The van der Waals surface area contributed by atoms with Gasteiger partial charge in [0.25, 0.3) is 0 Å². The monoisotopic (exact) mass is 330 g/mol. The van der Waals surface area contributed by atoms with Crippen LogP contribution in [0, 0.1) is 0 Å². The molecule has 0 saturated carbocycles. The molecule has 1 N–H and O–H groups in total. The van der Waals surface area contributed by atoms with E-state index in [1.807, 2.05) is 31.2 Å². The fourth-order valence-corrected chi connectivity index (χ4v) is 3.30. The van der Waals surface area contributed by atoms with Crippen molar-refractivity contribution in [2.24, 2.45) is 0 Å². The van der Waals surface area contributed by atoms with Gasteiger partial charge in [-0.2, -0.15) is 0 Å². The van der Waals surface area contributed by atoms with Gasteiger partial charge in [-0.25, -0.2) is 0 Å². The van der Waals surface area contributed by atoms with E-state index >= 15 is 0 Å². The molecular weight excluding hydrogens is 312 g/mol. The smallest absolute Gasteiger partial charge is 0.246 e. The van der Waals surface area contributed by atoms with Crippen molar-refractivity contribution in [2.75, 3.05) is 16.8 Å². The number of carbonyl (C=O) groups excluding carboxylic acids is 2. The zero-order valence-electron chi connectivity index (χ0n) is 12.9. The van der Waals surface area contributed by atoms with Crippen molar-refractivity contribution in [1.82, 2.24) is 10.2 Å². The molecule has 2 aromatic rings. The molecule has 2 heterocycles. The number of carbonyl (C=O) groups is 2. The van der Waals surface area contributed by atoms with Gasteiger partial charge < -0.3 is 4.90 Å². The number of benzene rings is 1. The van der Waals surface area contributed by atoms with Crippen LogP contribution in [0.5, 0.6) is 0 Å². The Bertz CT molecular complexity index is 728. The molecule has 6 nitrogen and oxygen atoms in total. The number of aromatic nitrogens is 2. The lowest BCUT2D eigenvalue weighted by molar-refractivity contribution is -0.121. The summed E-state index contributed by atoms with van der Waals surface area (Å²) >= 11 is 1.36. The number of hydrogen-bond donors (Lipinski definition) is 1. The second kappa shape index (κ2) is 6.87. The summed E-state index contributed by atoms with van der Waals surface area (Å²) in [5, 5.41) is 12.0. The molecule has 0 saturated heterocycles. The van der Waals surface area contributed by atoms with E-state index in [1.165, 1.54) is 11.3 Å². The van der Waals surface area contributed by atoms with Crippen molar-refractivity contribution in [3.63, 3.8) is 0 Å². The summed E-state index contributed by atoms with van der Waals surface area (Å²) in [6.07, 6.45) is 2.91. The van der Waals surface area contributed by atoms with E-state index in [9.17, 15) is 9.59 Å². The predicted molar refractivity (Wildman–Crippen MR) is 89.6 cm³/mol. The standard InChI is InChI=1S/C16H18N4O2S/c1-2-14-18-19-16(23-14)17-13(21)10-20-12-8-4-3-6-11(12)7-5-9-15(20)22/h3-4,6,8H,2,5,7,9-10H2,1H3,(H,17,19,21). The topological polar surface area (TPSA) is 75.2 Å². The Morgan fingerprint density at radius 2 is 2.13 bits per heavy atom. The maximum absolute atomic E-state index is 12.3. The third-order valence-electron chi connectivity index (χ3n) is 3.74. The van der Waals surface area contributed by atoms with Gasteiger partial charge in [-0.15, -0.1) is 10.2 Å². The molecule has 1 aromatic heterocycles. The number of anilines is 2. The first kappa shape index (κ1) is 15.6. The van der Waals surface area contributed by atoms with E-state index in [1.54, 1.807) is 4.90 Å². The normalized spacial score (nSPS) is 14.3. The Labute approximate surface area is 138 Å². The predicted octanol–water partition coefficient (Wildman–Crippen LogP) is 2.41. The first-order valence-electron chi connectivity index (χ1n) is 7.68. The highest BCUT2D eigenvalue weighted by atomic mass is 32.1. The summed E-state index contributed by atoms with van der Waals surface area (Å²) < 4.78 is 0. The summed E-state index contributed by atoms with van der Waals surface area (Å²) in [7, 11) is 0. The molecule has 0 unspecified atom stereocenters. The molecule has 1 aliphatic rings. The van der Waals surface area contributed by atoms with Crippen molar-refractivity contribution in [2.45, 2.75) is 32.6 Å². The minimum absolute atomic E-state index is 0.00309. The van der Waals surface area contributed by atoms with Crippen molar-refractivity contribution in [3.8, 4) is 0 Å². The summed E-state index contributed by atoms with van der Waals surface area (Å²) in [4.78, 5) is 26.2. The van der Waals surface area contributed by atoms with Gasteiger partial charge in [0, 0.05) is 12.1 Å². The average molecular weight is 330 g/mol. The molecule has 1 aromatic carbocycles.